The molecular weight excluding hydrogens is 192 g/mol. The Balaban J connectivity index is 1.81. The van der Waals surface area contributed by atoms with E-state index < -0.39 is 0 Å². The van der Waals surface area contributed by atoms with Crippen LogP contribution >= 0.6 is 0 Å². The van der Waals surface area contributed by atoms with Crippen LogP contribution in [0.3, 0.4) is 0 Å². The molecule has 2 aliphatic rings. The second-order valence-corrected chi connectivity index (χ2v) is 4.98. The molecule has 0 aromatic rings. The molecule has 0 radical (unpaired) electrons. The quantitative estimate of drug-likeness (QED) is 0.777. The molecule has 0 aromatic carbocycles. The first-order valence-electron chi connectivity index (χ1n) is 6.08. The Morgan fingerprint density at radius 1 is 1.13 bits per heavy atom. The molecule has 2 rings (SSSR count). The molecule has 1 N–H and O–H groups in total. The van der Waals surface area contributed by atoms with E-state index in [2.05, 4.69) is 6.92 Å². The third kappa shape index (κ3) is 2.35. The summed E-state index contributed by atoms with van der Waals surface area (Å²) in [4.78, 5) is 0. The van der Waals surface area contributed by atoms with E-state index in [4.69, 9.17) is 9.47 Å². The highest BCUT2D eigenvalue weighted by Crippen LogP contribution is 2.33. The third-order valence-electron chi connectivity index (χ3n) is 3.87. The molecule has 2 fully saturated rings. The lowest BCUT2D eigenvalue weighted by Crippen LogP contribution is -2.54. The molecule has 0 saturated heterocycles. The molecule has 15 heavy (non-hydrogen) atoms. The third-order valence-corrected chi connectivity index (χ3v) is 3.87. The molecule has 2 aliphatic carbocycles. The molecule has 3 nitrogen and oxygen atoms in total. The van der Waals surface area contributed by atoms with Crippen molar-refractivity contribution in [2.45, 2.75) is 63.4 Å². The standard InChI is InChI=1S/C12H22O3/c1-8-5-3-4-6-10(8)15-11-7-9(13)12(11)14-2/h8-13H,3-7H2,1-2H3. The molecule has 0 aromatic heterocycles. The van der Waals surface area contributed by atoms with Crippen LogP contribution in [0.4, 0.5) is 0 Å². The van der Waals surface area contributed by atoms with Gasteiger partial charge in [0.05, 0.1) is 18.3 Å². The smallest absolute Gasteiger partial charge is 0.109 e. The fourth-order valence-electron chi connectivity index (χ4n) is 2.71. The van der Waals surface area contributed by atoms with Gasteiger partial charge in [0, 0.05) is 13.5 Å². The zero-order valence-electron chi connectivity index (χ0n) is 9.69. The SMILES string of the molecule is COC1C(O)CC1OC1CCCCC1C. The number of hydrogen-bond acceptors (Lipinski definition) is 3. The van der Waals surface area contributed by atoms with Gasteiger partial charge in [-0.2, -0.15) is 0 Å². The van der Waals surface area contributed by atoms with Crippen LogP contribution in [0.25, 0.3) is 0 Å². The van der Waals surface area contributed by atoms with Crippen molar-refractivity contribution in [3.8, 4) is 0 Å². The lowest BCUT2D eigenvalue weighted by molar-refractivity contribution is -0.207. The summed E-state index contributed by atoms with van der Waals surface area (Å²) in [6, 6.07) is 0. The van der Waals surface area contributed by atoms with E-state index in [9.17, 15) is 5.11 Å². The molecule has 0 bridgehead atoms. The molecule has 3 heteroatoms. The summed E-state index contributed by atoms with van der Waals surface area (Å²) in [5.74, 6) is 0.661. The minimum absolute atomic E-state index is 0.0980. The van der Waals surface area contributed by atoms with Gasteiger partial charge in [-0.3, -0.25) is 0 Å². The Morgan fingerprint density at radius 2 is 1.87 bits per heavy atom. The van der Waals surface area contributed by atoms with Crippen molar-refractivity contribution in [1.82, 2.24) is 0 Å². The molecule has 88 valence electrons. The van der Waals surface area contributed by atoms with Crippen molar-refractivity contribution < 1.29 is 14.6 Å². The highest BCUT2D eigenvalue weighted by molar-refractivity contribution is 4.93. The van der Waals surface area contributed by atoms with Crippen molar-refractivity contribution in [2.75, 3.05) is 7.11 Å². The Bertz CT molecular complexity index is 207. The van der Waals surface area contributed by atoms with Crippen molar-refractivity contribution >= 4 is 0 Å². The lowest BCUT2D eigenvalue weighted by Gasteiger charge is -2.43. The van der Waals surface area contributed by atoms with E-state index in [0.717, 1.165) is 6.42 Å². The van der Waals surface area contributed by atoms with Gasteiger partial charge in [-0.1, -0.05) is 19.8 Å². The maximum absolute atomic E-state index is 9.47. The number of aliphatic hydroxyl groups excluding tert-OH is 1. The topological polar surface area (TPSA) is 38.7 Å². The van der Waals surface area contributed by atoms with Gasteiger partial charge in [0.15, 0.2) is 0 Å². The van der Waals surface area contributed by atoms with Gasteiger partial charge in [0.2, 0.25) is 0 Å². The largest absolute Gasteiger partial charge is 0.390 e. The normalized spacial score (nSPS) is 46.2. The number of methoxy groups -OCH3 is 1. The zero-order valence-corrected chi connectivity index (χ0v) is 9.69. The first-order chi connectivity index (χ1) is 7.22. The molecule has 0 amide bonds. The summed E-state index contributed by atoms with van der Waals surface area (Å²) in [6.07, 6.45) is 5.88. The molecule has 0 aliphatic heterocycles. The number of hydrogen-bond donors (Lipinski definition) is 1. The first-order valence-corrected chi connectivity index (χ1v) is 6.08. The van der Waals surface area contributed by atoms with Gasteiger partial charge >= 0.3 is 0 Å². The van der Waals surface area contributed by atoms with Gasteiger partial charge < -0.3 is 14.6 Å². The molecule has 2 saturated carbocycles. The maximum Gasteiger partial charge on any atom is 0.109 e. The van der Waals surface area contributed by atoms with Gasteiger partial charge in [0.1, 0.15) is 6.10 Å². The highest BCUT2D eigenvalue weighted by Gasteiger charge is 2.43. The van der Waals surface area contributed by atoms with Gasteiger partial charge in [0.25, 0.3) is 0 Å². The van der Waals surface area contributed by atoms with Crippen LogP contribution in [0.2, 0.25) is 0 Å². The molecular formula is C12H22O3. The maximum atomic E-state index is 9.47. The van der Waals surface area contributed by atoms with Crippen LogP contribution in [-0.2, 0) is 9.47 Å². The Morgan fingerprint density at radius 3 is 2.47 bits per heavy atom. The van der Waals surface area contributed by atoms with Crippen molar-refractivity contribution in [3.63, 3.8) is 0 Å². The Labute approximate surface area is 91.8 Å². The molecule has 5 atom stereocenters. The van der Waals surface area contributed by atoms with Crippen molar-refractivity contribution in [3.05, 3.63) is 0 Å². The number of ether oxygens (including phenoxy) is 2. The zero-order chi connectivity index (χ0) is 10.8. The second kappa shape index (κ2) is 4.81. The Kier molecular flexibility index (Phi) is 3.65. The first kappa shape index (κ1) is 11.4. The van der Waals surface area contributed by atoms with Crippen LogP contribution < -0.4 is 0 Å². The minimum atomic E-state index is -0.320. The van der Waals surface area contributed by atoms with Gasteiger partial charge in [-0.05, 0) is 18.8 Å². The summed E-state index contributed by atoms with van der Waals surface area (Å²) in [7, 11) is 1.65. The Hall–Kier alpha value is -0.120. The van der Waals surface area contributed by atoms with Crippen LogP contribution in [0.15, 0.2) is 0 Å². The van der Waals surface area contributed by atoms with E-state index in [-0.39, 0.29) is 18.3 Å². The van der Waals surface area contributed by atoms with E-state index in [1.807, 2.05) is 0 Å². The monoisotopic (exact) mass is 214 g/mol. The van der Waals surface area contributed by atoms with Crippen LogP contribution in [0.5, 0.6) is 0 Å². The summed E-state index contributed by atoms with van der Waals surface area (Å²) >= 11 is 0. The van der Waals surface area contributed by atoms with Crippen molar-refractivity contribution in [1.29, 1.82) is 0 Å². The fourth-order valence-corrected chi connectivity index (χ4v) is 2.71. The highest BCUT2D eigenvalue weighted by atomic mass is 16.6. The summed E-state index contributed by atoms with van der Waals surface area (Å²) in [6.45, 7) is 2.26. The van der Waals surface area contributed by atoms with Crippen molar-refractivity contribution in [2.24, 2.45) is 5.92 Å². The summed E-state index contributed by atoms with van der Waals surface area (Å²) < 4.78 is 11.2. The van der Waals surface area contributed by atoms with E-state index in [1.54, 1.807) is 7.11 Å². The number of aliphatic hydroxyl groups is 1. The van der Waals surface area contributed by atoms with Crippen LogP contribution in [0.1, 0.15) is 39.0 Å². The predicted molar refractivity (Wildman–Crippen MR) is 57.7 cm³/mol. The van der Waals surface area contributed by atoms with E-state index in [0.29, 0.717) is 12.0 Å². The molecule has 0 heterocycles. The molecule has 5 unspecified atom stereocenters. The average molecular weight is 214 g/mol. The van der Waals surface area contributed by atoms with E-state index in [1.165, 1.54) is 25.7 Å². The fraction of sp³-hybridized carbons (Fsp3) is 1.00. The summed E-state index contributed by atoms with van der Waals surface area (Å²) in [5, 5.41) is 9.47. The predicted octanol–water partition coefficient (Wildman–Crippen LogP) is 1.73. The minimum Gasteiger partial charge on any atom is -0.390 e. The number of rotatable bonds is 3. The lowest BCUT2D eigenvalue weighted by atomic mass is 9.85. The van der Waals surface area contributed by atoms with Crippen LogP contribution in [0, 0.1) is 5.92 Å². The van der Waals surface area contributed by atoms with Gasteiger partial charge in [-0.25, -0.2) is 0 Å². The van der Waals surface area contributed by atoms with Gasteiger partial charge in [-0.15, -0.1) is 0 Å². The van der Waals surface area contributed by atoms with E-state index >= 15 is 0 Å². The van der Waals surface area contributed by atoms with Crippen LogP contribution in [-0.4, -0.2) is 36.6 Å². The average Bonchev–Trinajstić information content (AvgIpc) is 2.20. The molecule has 0 spiro atoms. The second-order valence-electron chi connectivity index (χ2n) is 4.98. The summed E-state index contributed by atoms with van der Waals surface area (Å²) in [5.41, 5.74) is 0.